The van der Waals surface area contributed by atoms with Gasteiger partial charge >= 0.3 is 5.97 Å². The van der Waals surface area contributed by atoms with Gasteiger partial charge in [-0.15, -0.1) is 11.8 Å². The Kier molecular flexibility index (Phi) is 8.03. The van der Waals surface area contributed by atoms with Crippen molar-refractivity contribution in [2.45, 2.75) is 32.2 Å². The van der Waals surface area contributed by atoms with Crippen LogP contribution in [0.5, 0.6) is 0 Å². The SMILES string of the molecule is Cc1nc(NCCCc2cccc3[nH]ncc23)sc1C(=O)N[C@@H](CNC(=O)C1=CCCS1)C(=O)O. The van der Waals surface area contributed by atoms with Crippen LogP contribution in [0.2, 0.25) is 0 Å². The van der Waals surface area contributed by atoms with Gasteiger partial charge < -0.3 is 21.1 Å². The number of fused-ring (bicyclic) bond motifs is 1. The number of aliphatic carboxylic acids is 1. The first-order chi connectivity index (χ1) is 16.9. The molecule has 0 saturated carbocycles. The number of thiazole rings is 1. The maximum absolute atomic E-state index is 12.7. The molecule has 12 heteroatoms. The summed E-state index contributed by atoms with van der Waals surface area (Å²) >= 11 is 2.60. The summed E-state index contributed by atoms with van der Waals surface area (Å²) in [6, 6.07) is 4.82. The second-order valence-electron chi connectivity index (χ2n) is 7.99. The minimum Gasteiger partial charge on any atom is -0.480 e. The second kappa shape index (κ2) is 11.4. The summed E-state index contributed by atoms with van der Waals surface area (Å²) in [4.78, 5) is 41.8. The van der Waals surface area contributed by atoms with Gasteiger partial charge in [-0.2, -0.15) is 5.10 Å². The Labute approximate surface area is 210 Å². The number of aromatic nitrogens is 3. The number of carbonyl (C=O) groups excluding carboxylic acids is 2. The molecular formula is C23H26N6O4S2. The van der Waals surface area contributed by atoms with Crippen LogP contribution >= 0.6 is 23.1 Å². The van der Waals surface area contributed by atoms with Gasteiger partial charge in [-0.05, 0) is 37.8 Å². The number of hydrogen-bond acceptors (Lipinski definition) is 8. The molecule has 0 aliphatic carbocycles. The van der Waals surface area contributed by atoms with E-state index in [-0.39, 0.29) is 12.5 Å². The molecular weight excluding hydrogens is 488 g/mol. The van der Waals surface area contributed by atoms with E-state index < -0.39 is 17.9 Å². The van der Waals surface area contributed by atoms with E-state index in [1.165, 1.54) is 28.7 Å². The molecule has 1 aliphatic heterocycles. The molecule has 0 spiro atoms. The van der Waals surface area contributed by atoms with Crippen molar-refractivity contribution in [3.05, 3.63) is 51.5 Å². The number of thioether (sulfide) groups is 1. The quantitative estimate of drug-likeness (QED) is 0.245. The molecule has 0 saturated heterocycles. The smallest absolute Gasteiger partial charge is 0.328 e. The number of anilines is 1. The number of amides is 2. The summed E-state index contributed by atoms with van der Waals surface area (Å²) in [7, 11) is 0. The summed E-state index contributed by atoms with van der Waals surface area (Å²) in [5.74, 6) is -1.24. The first kappa shape index (κ1) is 24.7. The Morgan fingerprint density at radius 1 is 1.26 bits per heavy atom. The second-order valence-corrected chi connectivity index (χ2v) is 10.1. The number of aryl methyl sites for hydroxylation is 2. The summed E-state index contributed by atoms with van der Waals surface area (Å²) in [6.07, 6.45) is 6.19. The molecule has 2 amide bonds. The number of benzene rings is 1. The molecule has 0 radical (unpaired) electrons. The molecule has 3 heterocycles. The minimum atomic E-state index is -1.25. The fraction of sp³-hybridized carbons (Fsp3) is 0.348. The maximum Gasteiger partial charge on any atom is 0.328 e. The van der Waals surface area contributed by atoms with Gasteiger partial charge in [0.2, 0.25) is 0 Å². The number of carboxylic acids is 1. The molecule has 10 nitrogen and oxygen atoms in total. The van der Waals surface area contributed by atoms with Crippen LogP contribution in [0.4, 0.5) is 5.13 Å². The predicted molar refractivity (Wildman–Crippen MR) is 137 cm³/mol. The normalized spacial score (nSPS) is 13.9. The molecule has 1 aliphatic rings. The minimum absolute atomic E-state index is 0.204. The summed E-state index contributed by atoms with van der Waals surface area (Å²) in [5, 5.41) is 26.6. The van der Waals surface area contributed by atoms with Crippen molar-refractivity contribution in [2.24, 2.45) is 0 Å². The van der Waals surface area contributed by atoms with Gasteiger partial charge in [0.15, 0.2) is 5.13 Å². The van der Waals surface area contributed by atoms with Crippen molar-refractivity contribution in [2.75, 3.05) is 24.2 Å². The van der Waals surface area contributed by atoms with E-state index in [9.17, 15) is 19.5 Å². The van der Waals surface area contributed by atoms with Crippen LogP contribution in [0, 0.1) is 6.92 Å². The predicted octanol–water partition coefficient (Wildman–Crippen LogP) is 2.69. The number of carbonyl (C=O) groups is 3. The lowest BCUT2D eigenvalue weighted by atomic mass is 10.1. The average molecular weight is 515 g/mol. The van der Waals surface area contributed by atoms with Gasteiger partial charge in [0, 0.05) is 24.2 Å². The lowest BCUT2D eigenvalue weighted by Gasteiger charge is -2.15. The monoisotopic (exact) mass is 514 g/mol. The molecule has 1 aromatic carbocycles. The number of allylic oxidation sites excluding steroid dienone is 1. The van der Waals surface area contributed by atoms with Crippen LogP contribution in [0.15, 0.2) is 35.4 Å². The fourth-order valence-electron chi connectivity index (χ4n) is 3.69. The van der Waals surface area contributed by atoms with Gasteiger partial charge in [-0.1, -0.05) is 29.5 Å². The van der Waals surface area contributed by atoms with Crippen molar-refractivity contribution in [1.82, 2.24) is 25.8 Å². The molecule has 4 rings (SSSR count). The molecule has 35 heavy (non-hydrogen) atoms. The van der Waals surface area contributed by atoms with E-state index in [1.54, 1.807) is 6.92 Å². The van der Waals surface area contributed by atoms with Crippen molar-refractivity contribution < 1.29 is 19.5 Å². The van der Waals surface area contributed by atoms with Crippen LogP contribution < -0.4 is 16.0 Å². The number of nitrogens with zero attached hydrogens (tertiary/aromatic N) is 2. The van der Waals surface area contributed by atoms with Gasteiger partial charge in [0.1, 0.15) is 10.9 Å². The third kappa shape index (κ3) is 6.20. The molecule has 0 fully saturated rings. The average Bonchev–Trinajstić information content (AvgIpc) is 3.60. The van der Waals surface area contributed by atoms with E-state index in [0.717, 1.165) is 35.9 Å². The number of H-pyrrole nitrogens is 1. The highest BCUT2D eigenvalue weighted by Crippen LogP contribution is 2.25. The van der Waals surface area contributed by atoms with Crippen molar-refractivity contribution in [1.29, 1.82) is 0 Å². The molecule has 1 atom stereocenters. The van der Waals surface area contributed by atoms with Crippen LogP contribution in [0.3, 0.4) is 0 Å². The summed E-state index contributed by atoms with van der Waals surface area (Å²) in [5.41, 5.74) is 2.73. The molecule has 184 valence electrons. The van der Waals surface area contributed by atoms with E-state index in [1.807, 2.05) is 24.4 Å². The Morgan fingerprint density at radius 3 is 2.89 bits per heavy atom. The van der Waals surface area contributed by atoms with E-state index in [0.29, 0.717) is 27.2 Å². The standard InChI is InChI=1S/C23H26N6O4S2/c1-13-19(21(31)28-17(22(32)33)12-25-20(30)18-8-4-10-34-18)35-23(27-13)24-9-3-6-14-5-2-7-16-15(14)11-26-29-16/h2,5,7-8,11,17H,3-4,6,9-10,12H2,1H3,(H,24,27)(H,25,30)(H,26,29)(H,28,31)(H,32,33)/t17-/m0/s1. The molecule has 0 bridgehead atoms. The number of hydrogen-bond donors (Lipinski definition) is 5. The first-order valence-corrected chi connectivity index (χ1v) is 13.0. The maximum atomic E-state index is 12.7. The van der Waals surface area contributed by atoms with E-state index >= 15 is 0 Å². The molecule has 3 aromatic rings. The molecule has 2 aromatic heterocycles. The lowest BCUT2D eigenvalue weighted by Crippen LogP contribution is -2.48. The zero-order chi connectivity index (χ0) is 24.8. The zero-order valence-corrected chi connectivity index (χ0v) is 20.7. The van der Waals surface area contributed by atoms with Crippen LogP contribution in [-0.2, 0) is 16.0 Å². The van der Waals surface area contributed by atoms with Gasteiger partial charge in [0.25, 0.3) is 11.8 Å². The van der Waals surface area contributed by atoms with E-state index in [2.05, 4.69) is 37.2 Å². The van der Waals surface area contributed by atoms with Crippen LogP contribution in [-0.4, -0.2) is 63.0 Å². The lowest BCUT2D eigenvalue weighted by molar-refractivity contribution is -0.139. The van der Waals surface area contributed by atoms with Gasteiger partial charge in [-0.25, -0.2) is 9.78 Å². The van der Waals surface area contributed by atoms with Crippen molar-refractivity contribution in [3.63, 3.8) is 0 Å². The largest absolute Gasteiger partial charge is 0.480 e. The van der Waals surface area contributed by atoms with Crippen molar-refractivity contribution in [3.8, 4) is 0 Å². The zero-order valence-electron chi connectivity index (χ0n) is 19.1. The Morgan fingerprint density at radius 2 is 2.11 bits per heavy atom. The number of rotatable bonds is 11. The van der Waals surface area contributed by atoms with Crippen LogP contribution in [0.1, 0.15) is 33.8 Å². The summed E-state index contributed by atoms with van der Waals surface area (Å²) < 4.78 is 0. The third-order valence-corrected chi connectivity index (χ3v) is 7.69. The Bertz CT molecular complexity index is 1270. The number of nitrogens with one attached hydrogen (secondary N) is 4. The fourth-order valence-corrected chi connectivity index (χ4v) is 5.48. The third-order valence-electron chi connectivity index (χ3n) is 5.48. The van der Waals surface area contributed by atoms with Gasteiger partial charge in [-0.3, -0.25) is 14.7 Å². The molecule has 5 N–H and O–H groups in total. The Hall–Kier alpha value is -3.38. The van der Waals surface area contributed by atoms with Gasteiger partial charge in [0.05, 0.1) is 22.3 Å². The number of carboxylic acid groups (broad SMARTS) is 1. The number of aromatic amines is 1. The van der Waals surface area contributed by atoms with Crippen LogP contribution in [0.25, 0.3) is 10.9 Å². The highest BCUT2D eigenvalue weighted by molar-refractivity contribution is 8.04. The highest BCUT2D eigenvalue weighted by atomic mass is 32.2. The van der Waals surface area contributed by atoms with E-state index in [4.69, 9.17) is 0 Å². The summed E-state index contributed by atoms with van der Waals surface area (Å²) in [6.45, 7) is 2.17. The highest BCUT2D eigenvalue weighted by Gasteiger charge is 2.25. The van der Waals surface area contributed by atoms with Crippen molar-refractivity contribution >= 4 is 56.9 Å². The first-order valence-electron chi connectivity index (χ1n) is 11.2. The topological polar surface area (TPSA) is 149 Å². The molecule has 0 unspecified atom stereocenters. The Balaban J connectivity index is 1.28.